The molecule has 1 aromatic carbocycles. The lowest BCUT2D eigenvalue weighted by Crippen LogP contribution is -2.30. The van der Waals surface area contributed by atoms with Gasteiger partial charge in [0.15, 0.2) is 11.8 Å². The second kappa shape index (κ2) is 8.52. The fourth-order valence-corrected chi connectivity index (χ4v) is 2.48. The Morgan fingerprint density at radius 3 is 2.40 bits per heavy atom. The van der Waals surface area contributed by atoms with Crippen LogP contribution in [0.3, 0.4) is 0 Å². The van der Waals surface area contributed by atoms with Crippen LogP contribution < -0.4 is 5.32 Å². The molecule has 132 valence electrons. The number of nitrogens with zero attached hydrogens (tertiary/aromatic N) is 1. The highest BCUT2D eigenvalue weighted by molar-refractivity contribution is 6.48. The lowest BCUT2D eigenvalue weighted by molar-refractivity contribution is -0.123. The van der Waals surface area contributed by atoms with Crippen molar-refractivity contribution in [3.63, 3.8) is 0 Å². The summed E-state index contributed by atoms with van der Waals surface area (Å²) in [6.07, 6.45) is 1.04. The van der Waals surface area contributed by atoms with Crippen LogP contribution in [-0.2, 0) is 16.0 Å². The topological polar surface area (TPSA) is 68.3 Å². The van der Waals surface area contributed by atoms with Crippen molar-refractivity contribution in [2.24, 2.45) is 0 Å². The van der Waals surface area contributed by atoms with Crippen molar-refractivity contribution < 1.29 is 14.3 Å². The standard InChI is InChI=1S/C17H15Cl3N2O3/c1-3-10-4-6-11(7-5-10)22-16(23)9(2)25-17(24)15-14(20)13(19)12(18)8-21-15/h4-9H,3H2,1-2H3,(H,22,23)/t9-/m0/s1. The van der Waals surface area contributed by atoms with Gasteiger partial charge in [0.05, 0.1) is 15.1 Å². The van der Waals surface area contributed by atoms with E-state index in [4.69, 9.17) is 39.5 Å². The van der Waals surface area contributed by atoms with Gasteiger partial charge in [-0.1, -0.05) is 53.9 Å². The normalized spacial score (nSPS) is 11.7. The molecule has 1 amide bonds. The van der Waals surface area contributed by atoms with E-state index >= 15 is 0 Å². The molecule has 0 radical (unpaired) electrons. The Morgan fingerprint density at radius 2 is 1.80 bits per heavy atom. The Hall–Kier alpha value is -1.82. The average Bonchev–Trinajstić information content (AvgIpc) is 2.60. The smallest absolute Gasteiger partial charge is 0.359 e. The highest BCUT2D eigenvalue weighted by atomic mass is 35.5. The van der Waals surface area contributed by atoms with Crippen molar-refractivity contribution in [1.29, 1.82) is 0 Å². The Balaban J connectivity index is 2.02. The zero-order chi connectivity index (χ0) is 18.6. The molecule has 0 saturated carbocycles. The summed E-state index contributed by atoms with van der Waals surface area (Å²) in [6, 6.07) is 7.38. The number of pyridine rings is 1. The molecule has 0 aliphatic carbocycles. The summed E-state index contributed by atoms with van der Waals surface area (Å²) in [4.78, 5) is 28.1. The maximum atomic E-state index is 12.2. The van der Waals surface area contributed by atoms with E-state index in [0.29, 0.717) is 5.69 Å². The van der Waals surface area contributed by atoms with Gasteiger partial charge in [-0.2, -0.15) is 0 Å². The van der Waals surface area contributed by atoms with Crippen molar-refractivity contribution in [2.75, 3.05) is 5.32 Å². The van der Waals surface area contributed by atoms with Crippen LogP contribution in [0.5, 0.6) is 0 Å². The first kappa shape index (κ1) is 19.5. The van der Waals surface area contributed by atoms with E-state index in [-0.39, 0.29) is 20.8 Å². The van der Waals surface area contributed by atoms with Crippen LogP contribution >= 0.6 is 34.8 Å². The molecule has 1 atom stereocenters. The summed E-state index contributed by atoms with van der Waals surface area (Å²) in [5.74, 6) is -1.35. The van der Waals surface area contributed by atoms with Crippen LogP contribution in [0, 0.1) is 0 Å². The van der Waals surface area contributed by atoms with Gasteiger partial charge in [-0.05, 0) is 31.0 Å². The predicted molar refractivity (Wildman–Crippen MR) is 98.6 cm³/mol. The second-order valence-corrected chi connectivity index (χ2v) is 6.33. The number of aryl methyl sites for hydroxylation is 1. The number of ether oxygens (including phenoxy) is 1. The highest BCUT2D eigenvalue weighted by Gasteiger charge is 2.23. The molecule has 2 rings (SSSR count). The number of benzene rings is 1. The number of aromatic nitrogens is 1. The molecular weight excluding hydrogens is 387 g/mol. The molecule has 1 aromatic heterocycles. The molecule has 25 heavy (non-hydrogen) atoms. The monoisotopic (exact) mass is 400 g/mol. The molecule has 1 heterocycles. The number of carbonyl (C=O) groups is 2. The van der Waals surface area contributed by atoms with Crippen molar-refractivity contribution >= 4 is 52.4 Å². The number of rotatable bonds is 5. The number of carbonyl (C=O) groups excluding carboxylic acids is 2. The first-order chi connectivity index (χ1) is 11.8. The van der Waals surface area contributed by atoms with Crippen molar-refractivity contribution in [3.8, 4) is 0 Å². The molecule has 5 nitrogen and oxygen atoms in total. The predicted octanol–water partition coefficient (Wildman–Crippen LogP) is 4.79. The van der Waals surface area contributed by atoms with Crippen LogP contribution in [0.2, 0.25) is 15.1 Å². The first-order valence-electron chi connectivity index (χ1n) is 7.43. The van der Waals surface area contributed by atoms with Gasteiger partial charge in [0, 0.05) is 11.9 Å². The lowest BCUT2D eigenvalue weighted by atomic mass is 10.1. The van der Waals surface area contributed by atoms with Gasteiger partial charge in [-0.3, -0.25) is 4.79 Å². The van der Waals surface area contributed by atoms with Gasteiger partial charge in [0.1, 0.15) is 0 Å². The van der Waals surface area contributed by atoms with E-state index in [0.717, 1.165) is 12.0 Å². The fourth-order valence-electron chi connectivity index (χ4n) is 1.92. The summed E-state index contributed by atoms with van der Waals surface area (Å²) >= 11 is 17.6. The first-order valence-corrected chi connectivity index (χ1v) is 8.57. The van der Waals surface area contributed by atoms with E-state index in [1.54, 1.807) is 12.1 Å². The zero-order valence-corrected chi connectivity index (χ0v) is 15.7. The van der Waals surface area contributed by atoms with Gasteiger partial charge in [-0.15, -0.1) is 0 Å². The third-order valence-corrected chi connectivity index (χ3v) is 4.63. The quantitative estimate of drug-likeness (QED) is 0.732. The molecule has 8 heteroatoms. The minimum atomic E-state index is -1.05. The number of halogens is 3. The van der Waals surface area contributed by atoms with Crippen LogP contribution in [0.25, 0.3) is 0 Å². The molecule has 1 N–H and O–H groups in total. The number of esters is 1. The molecule has 0 bridgehead atoms. The van der Waals surface area contributed by atoms with Crippen LogP contribution in [0.15, 0.2) is 30.5 Å². The molecule has 0 unspecified atom stereocenters. The number of hydrogen-bond acceptors (Lipinski definition) is 4. The number of hydrogen-bond donors (Lipinski definition) is 1. The second-order valence-electron chi connectivity index (χ2n) is 5.17. The summed E-state index contributed by atoms with van der Waals surface area (Å²) in [5, 5.41) is 2.66. The maximum absolute atomic E-state index is 12.2. The molecule has 0 fully saturated rings. The highest BCUT2D eigenvalue weighted by Crippen LogP contribution is 2.31. The van der Waals surface area contributed by atoms with E-state index < -0.39 is 18.0 Å². The van der Waals surface area contributed by atoms with Crippen molar-refractivity contribution in [2.45, 2.75) is 26.4 Å². The summed E-state index contributed by atoms with van der Waals surface area (Å²) < 4.78 is 5.09. The summed E-state index contributed by atoms with van der Waals surface area (Å²) in [6.45, 7) is 3.48. The summed E-state index contributed by atoms with van der Waals surface area (Å²) in [5.41, 5.74) is 1.55. The van der Waals surface area contributed by atoms with Gasteiger partial charge in [0.2, 0.25) is 0 Å². The zero-order valence-electron chi connectivity index (χ0n) is 13.5. The van der Waals surface area contributed by atoms with Crippen LogP contribution in [0.1, 0.15) is 29.9 Å². The lowest BCUT2D eigenvalue weighted by Gasteiger charge is -2.14. The fraction of sp³-hybridized carbons (Fsp3) is 0.235. The minimum absolute atomic E-state index is 0.00148. The molecular formula is C17H15Cl3N2O3. The number of amides is 1. The number of anilines is 1. The Kier molecular flexibility index (Phi) is 6.64. The van der Waals surface area contributed by atoms with E-state index in [2.05, 4.69) is 10.3 Å². The third kappa shape index (κ3) is 4.84. The van der Waals surface area contributed by atoms with Gasteiger partial charge < -0.3 is 10.1 Å². The van der Waals surface area contributed by atoms with Crippen molar-refractivity contribution in [3.05, 3.63) is 56.8 Å². The van der Waals surface area contributed by atoms with Crippen LogP contribution in [-0.4, -0.2) is 23.0 Å². The molecule has 0 spiro atoms. The molecule has 2 aromatic rings. The van der Waals surface area contributed by atoms with E-state index in [1.807, 2.05) is 19.1 Å². The SMILES string of the molecule is CCc1ccc(NC(=O)[C@H](C)OC(=O)c2ncc(Cl)c(Cl)c2Cl)cc1. The molecule has 0 aliphatic rings. The maximum Gasteiger partial charge on any atom is 0.359 e. The number of nitrogens with one attached hydrogen (secondary N) is 1. The molecule has 0 aliphatic heterocycles. The average molecular weight is 402 g/mol. The summed E-state index contributed by atoms with van der Waals surface area (Å²) in [7, 11) is 0. The largest absolute Gasteiger partial charge is 0.448 e. The van der Waals surface area contributed by atoms with E-state index in [1.165, 1.54) is 13.1 Å². The third-order valence-electron chi connectivity index (χ3n) is 3.39. The van der Waals surface area contributed by atoms with Crippen molar-refractivity contribution in [1.82, 2.24) is 4.98 Å². The van der Waals surface area contributed by atoms with Gasteiger partial charge in [-0.25, -0.2) is 9.78 Å². The van der Waals surface area contributed by atoms with Crippen LogP contribution in [0.4, 0.5) is 5.69 Å². The Bertz CT molecular complexity index is 794. The van der Waals surface area contributed by atoms with Gasteiger partial charge >= 0.3 is 5.97 Å². The van der Waals surface area contributed by atoms with E-state index in [9.17, 15) is 9.59 Å². The molecule has 0 saturated heterocycles. The van der Waals surface area contributed by atoms with Gasteiger partial charge in [0.25, 0.3) is 5.91 Å². The minimum Gasteiger partial charge on any atom is -0.448 e. The Morgan fingerprint density at radius 1 is 1.16 bits per heavy atom. The Labute approximate surface area is 160 Å².